The number of benzene rings is 1. The van der Waals surface area contributed by atoms with E-state index in [4.69, 9.17) is 4.74 Å². The summed E-state index contributed by atoms with van der Waals surface area (Å²) in [6.07, 6.45) is 1.80. The summed E-state index contributed by atoms with van der Waals surface area (Å²) < 4.78 is 5.17. The Morgan fingerprint density at radius 2 is 1.77 bits per heavy atom. The highest BCUT2D eigenvalue weighted by Gasteiger charge is 2.13. The molecule has 2 N–H and O–H groups in total. The molecule has 0 aliphatic rings. The van der Waals surface area contributed by atoms with Gasteiger partial charge in [0.2, 0.25) is 5.95 Å². The first kappa shape index (κ1) is 21.4. The average molecular weight is 426 g/mol. The van der Waals surface area contributed by atoms with Crippen LogP contribution in [0.2, 0.25) is 0 Å². The molecule has 0 spiro atoms. The van der Waals surface area contributed by atoms with Crippen LogP contribution in [-0.2, 0) is 4.74 Å². The average Bonchev–Trinajstić information content (AvgIpc) is 3.16. The minimum Gasteiger partial charge on any atom is -0.462 e. The number of thiazole rings is 1. The number of carbonyl (C=O) groups is 2. The fourth-order valence-electron chi connectivity index (χ4n) is 2.59. The highest BCUT2D eigenvalue weighted by molar-refractivity contribution is 7.14. The molecule has 9 heteroatoms. The Labute approximate surface area is 178 Å². The lowest BCUT2D eigenvalue weighted by Crippen LogP contribution is -2.13. The summed E-state index contributed by atoms with van der Waals surface area (Å²) in [4.78, 5) is 37.3. The summed E-state index contributed by atoms with van der Waals surface area (Å²) >= 11 is 1.29. The third kappa shape index (κ3) is 5.84. The predicted molar refractivity (Wildman–Crippen MR) is 116 cm³/mol. The molecule has 3 rings (SSSR count). The fourth-order valence-corrected chi connectivity index (χ4v) is 3.27. The molecule has 156 valence electrons. The van der Waals surface area contributed by atoms with Crippen LogP contribution in [0.3, 0.4) is 0 Å². The van der Waals surface area contributed by atoms with Gasteiger partial charge in [0.25, 0.3) is 5.91 Å². The van der Waals surface area contributed by atoms with Gasteiger partial charge in [-0.05, 0) is 50.6 Å². The van der Waals surface area contributed by atoms with Gasteiger partial charge in [0.15, 0.2) is 5.13 Å². The third-order valence-electron chi connectivity index (χ3n) is 4.05. The molecule has 30 heavy (non-hydrogen) atoms. The summed E-state index contributed by atoms with van der Waals surface area (Å²) in [5.41, 5.74) is 2.97. The van der Waals surface area contributed by atoms with Crippen molar-refractivity contribution in [2.45, 2.75) is 33.6 Å². The number of unbranched alkanes of at least 4 members (excludes halogenated alkanes) is 1. The van der Waals surface area contributed by atoms with Gasteiger partial charge in [-0.15, -0.1) is 11.3 Å². The molecule has 0 atom stereocenters. The standard InChI is InChI=1S/C21H23N5O3S/c1-4-5-10-29-19(28)15-6-8-16(9-7-15)24-18(27)17-12-30-21(25-17)26-20-22-13(2)11-14(3)23-20/h6-9,11-12H,4-5,10H2,1-3H3,(H,24,27)(H,22,23,25,26). The SMILES string of the molecule is CCCCOC(=O)c1ccc(NC(=O)c2csc(Nc3nc(C)cc(C)n3)n2)cc1. The Bertz CT molecular complexity index is 1010. The van der Waals surface area contributed by atoms with E-state index in [2.05, 4.69) is 25.6 Å². The molecule has 0 radical (unpaired) electrons. The fraction of sp³-hybridized carbons (Fsp3) is 0.286. The minimum absolute atomic E-state index is 0.273. The predicted octanol–water partition coefficient (Wildman–Crippen LogP) is 4.50. The van der Waals surface area contributed by atoms with E-state index in [1.807, 2.05) is 26.8 Å². The van der Waals surface area contributed by atoms with Crippen molar-refractivity contribution < 1.29 is 14.3 Å². The van der Waals surface area contributed by atoms with Crippen molar-refractivity contribution in [2.75, 3.05) is 17.2 Å². The van der Waals surface area contributed by atoms with E-state index in [1.54, 1.807) is 29.6 Å². The van der Waals surface area contributed by atoms with E-state index in [-0.39, 0.29) is 17.6 Å². The van der Waals surface area contributed by atoms with Crippen LogP contribution >= 0.6 is 11.3 Å². The zero-order chi connectivity index (χ0) is 21.5. The van der Waals surface area contributed by atoms with E-state index in [0.29, 0.717) is 28.9 Å². The molecule has 1 aromatic carbocycles. The maximum Gasteiger partial charge on any atom is 0.338 e. The van der Waals surface area contributed by atoms with Crippen molar-refractivity contribution in [1.29, 1.82) is 0 Å². The Hall–Kier alpha value is -3.33. The molecule has 0 aliphatic carbocycles. The van der Waals surface area contributed by atoms with Gasteiger partial charge in [0.1, 0.15) is 5.69 Å². The number of aryl methyl sites for hydroxylation is 2. The summed E-state index contributed by atoms with van der Waals surface area (Å²) in [6.45, 7) is 6.21. The van der Waals surface area contributed by atoms with Gasteiger partial charge in [0.05, 0.1) is 12.2 Å². The van der Waals surface area contributed by atoms with Crippen molar-refractivity contribution in [1.82, 2.24) is 15.0 Å². The van der Waals surface area contributed by atoms with Crippen LogP contribution < -0.4 is 10.6 Å². The van der Waals surface area contributed by atoms with Crippen molar-refractivity contribution in [3.63, 3.8) is 0 Å². The zero-order valence-corrected chi connectivity index (χ0v) is 17.9. The molecule has 0 unspecified atom stereocenters. The maximum atomic E-state index is 12.5. The van der Waals surface area contributed by atoms with E-state index in [0.717, 1.165) is 24.2 Å². The number of ether oxygens (including phenoxy) is 1. The summed E-state index contributed by atoms with van der Waals surface area (Å²) in [7, 11) is 0. The highest BCUT2D eigenvalue weighted by atomic mass is 32.1. The van der Waals surface area contributed by atoms with Crippen LogP contribution in [0.4, 0.5) is 16.8 Å². The van der Waals surface area contributed by atoms with E-state index < -0.39 is 0 Å². The molecular weight excluding hydrogens is 402 g/mol. The second-order valence-corrected chi connectivity index (χ2v) is 7.52. The number of hydrogen-bond donors (Lipinski definition) is 2. The molecule has 2 heterocycles. The van der Waals surface area contributed by atoms with Crippen LogP contribution in [0.25, 0.3) is 0 Å². The van der Waals surface area contributed by atoms with E-state index in [1.165, 1.54) is 11.3 Å². The second kappa shape index (κ2) is 9.93. The van der Waals surface area contributed by atoms with Crippen LogP contribution in [0.15, 0.2) is 35.7 Å². The van der Waals surface area contributed by atoms with Gasteiger partial charge in [-0.2, -0.15) is 0 Å². The first-order valence-electron chi connectivity index (χ1n) is 9.58. The number of aromatic nitrogens is 3. The largest absolute Gasteiger partial charge is 0.462 e. The number of amides is 1. The molecule has 0 saturated heterocycles. The molecule has 3 aromatic rings. The number of anilines is 3. The number of nitrogens with one attached hydrogen (secondary N) is 2. The number of rotatable bonds is 8. The lowest BCUT2D eigenvalue weighted by molar-refractivity contribution is 0.0499. The van der Waals surface area contributed by atoms with Gasteiger partial charge < -0.3 is 15.4 Å². The lowest BCUT2D eigenvalue weighted by atomic mass is 10.2. The Morgan fingerprint density at radius 1 is 1.07 bits per heavy atom. The van der Waals surface area contributed by atoms with Gasteiger partial charge in [-0.25, -0.2) is 19.7 Å². The van der Waals surface area contributed by atoms with E-state index >= 15 is 0 Å². The molecule has 0 bridgehead atoms. The summed E-state index contributed by atoms with van der Waals surface area (Å²) in [6, 6.07) is 8.43. The Morgan fingerprint density at radius 3 is 2.43 bits per heavy atom. The number of nitrogens with zero attached hydrogens (tertiary/aromatic N) is 3. The Balaban J connectivity index is 1.59. The van der Waals surface area contributed by atoms with E-state index in [9.17, 15) is 9.59 Å². The number of esters is 1. The van der Waals surface area contributed by atoms with Crippen molar-refractivity contribution in [3.8, 4) is 0 Å². The van der Waals surface area contributed by atoms with Crippen molar-refractivity contribution in [2.24, 2.45) is 0 Å². The Kier molecular flexibility index (Phi) is 7.08. The molecule has 1 amide bonds. The minimum atomic E-state index is -0.370. The smallest absolute Gasteiger partial charge is 0.338 e. The molecule has 0 aliphatic heterocycles. The van der Waals surface area contributed by atoms with Crippen molar-refractivity contribution in [3.05, 3.63) is 58.4 Å². The second-order valence-electron chi connectivity index (χ2n) is 6.66. The molecule has 8 nitrogen and oxygen atoms in total. The summed E-state index contributed by atoms with van der Waals surface area (Å²) in [5, 5.41) is 7.96. The van der Waals surface area contributed by atoms with Crippen LogP contribution in [-0.4, -0.2) is 33.4 Å². The maximum absolute atomic E-state index is 12.5. The van der Waals surface area contributed by atoms with Gasteiger partial charge >= 0.3 is 5.97 Å². The number of carbonyl (C=O) groups excluding carboxylic acids is 2. The normalized spacial score (nSPS) is 10.5. The quantitative estimate of drug-likeness (QED) is 0.404. The molecule has 0 fully saturated rings. The first-order chi connectivity index (χ1) is 14.4. The molecule has 0 saturated carbocycles. The monoisotopic (exact) mass is 425 g/mol. The molecule has 2 aromatic heterocycles. The van der Waals surface area contributed by atoms with Gasteiger partial charge in [-0.1, -0.05) is 13.3 Å². The third-order valence-corrected chi connectivity index (χ3v) is 4.81. The van der Waals surface area contributed by atoms with Crippen LogP contribution in [0.1, 0.15) is 52.0 Å². The number of hydrogen-bond acceptors (Lipinski definition) is 8. The van der Waals surface area contributed by atoms with Gasteiger partial charge in [0, 0.05) is 22.5 Å². The van der Waals surface area contributed by atoms with Crippen molar-refractivity contribution >= 4 is 40.0 Å². The highest BCUT2D eigenvalue weighted by Crippen LogP contribution is 2.20. The summed E-state index contributed by atoms with van der Waals surface area (Å²) in [5.74, 6) is -0.278. The van der Waals surface area contributed by atoms with Gasteiger partial charge in [-0.3, -0.25) is 4.79 Å². The zero-order valence-electron chi connectivity index (χ0n) is 17.1. The first-order valence-corrected chi connectivity index (χ1v) is 10.5. The van der Waals surface area contributed by atoms with Crippen LogP contribution in [0, 0.1) is 13.8 Å². The van der Waals surface area contributed by atoms with Crippen LogP contribution in [0.5, 0.6) is 0 Å². The lowest BCUT2D eigenvalue weighted by Gasteiger charge is -2.06. The molecular formula is C21H23N5O3S. The topological polar surface area (TPSA) is 106 Å².